The summed E-state index contributed by atoms with van der Waals surface area (Å²) in [6.07, 6.45) is 7.41. The lowest BCUT2D eigenvalue weighted by atomic mass is 9.88. The van der Waals surface area contributed by atoms with Crippen molar-refractivity contribution >= 4 is 5.91 Å². The van der Waals surface area contributed by atoms with Gasteiger partial charge in [0.25, 0.3) is 0 Å². The van der Waals surface area contributed by atoms with E-state index in [4.69, 9.17) is 0 Å². The van der Waals surface area contributed by atoms with Crippen molar-refractivity contribution in [2.75, 3.05) is 19.6 Å². The molecule has 3 nitrogen and oxygen atoms in total. The highest BCUT2D eigenvalue weighted by molar-refractivity contribution is 5.81. The summed E-state index contributed by atoms with van der Waals surface area (Å²) in [7, 11) is 0. The summed E-state index contributed by atoms with van der Waals surface area (Å²) in [5, 5.41) is 3.60. The molecule has 3 rings (SSSR count). The van der Waals surface area contributed by atoms with Crippen LogP contribution in [-0.4, -0.2) is 36.5 Å². The van der Waals surface area contributed by atoms with Crippen molar-refractivity contribution < 1.29 is 4.79 Å². The molecule has 2 heterocycles. The predicted octanol–water partition coefficient (Wildman–Crippen LogP) is 1.39. The maximum atomic E-state index is 11.9. The number of rotatable bonds is 2. The van der Waals surface area contributed by atoms with Gasteiger partial charge in [0.15, 0.2) is 0 Å². The van der Waals surface area contributed by atoms with Crippen LogP contribution in [0.5, 0.6) is 0 Å². The summed E-state index contributed by atoms with van der Waals surface area (Å²) < 4.78 is 0. The van der Waals surface area contributed by atoms with Gasteiger partial charge in [0.2, 0.25) is 5.91 Å². The Bertz CT molecular complexity index is 261. The molecule has 1 unspecified atom stereocenters. The second-order valence-corrected chi connectivity index (χ2v) is 5.64. The van der Waals surface area contributed by atoms with E-state index in [9.17, 15) is 4.79 Å². The second kappa shape index (κ2) is 4.36. The van der Waals surface area contributed by atoms with E-state index < -0.39 is 0 Å². The minimum absolute atomic E-state index is 0.404. The fourth-order valence-corrected chi connectivity index (χ4v) is 3.22. The molecule has 0 aromatic heterocycles. The van der Waals surface area contributed by atoms with Crippen molar-refractivity contribution in [2.45, 2.75) is 44.6 Å². The van der Waals surface area contributed by atoms with Crippen LogP contribution in [-0.2, 0) is 4.79 Å². The van der Waals surface area contributed by atoms with Crippen molar-refractivity contribution in [3.05, 3.63) is 0 Å². The highest BCUT2D eigenvalue weighted by Crippen LogP contribution is 2.33. The van der Waals surface area contributed by atoms with Gasteiger partial charge in [-0.25, -0.2) is 0 Å². The summed E-state index contributed by atoms with van der Waals surface area (Å²) in [4.78, 5) is 14.0. The van der Waals surface area contributed by atoms with Gasteiger partial charge >= 0.3 is 0 Å². The number of nitrogens with one attached hydrogen (secondary N) is 1. The average Bonchev–Trinajstić information content (AvgIpc) is 3.04. The van der Waals surface area contributed by atoms with Gasteiger partial charge in [-0.15, -0.1) is 0 Å². The van der Waals surface area contributed by atoms with Crippen LogP contribution < -0.4 is 5.32 Å². The van der Waals surface area contributed by atoms with Gasteiger partial charge in [-0.3, -0.25) is 4.79 Å². The van der Waals surface area contributed by atoms with Crippen molar-refractivity contribution in [1.82, 2.24) is 10.2 Å². The van der Waals surface area contributed by atoms with E-state index in [2.05, 4.69) is 10.2 Å². The van der Waals surface area contributed by atoms with Gasteiger partial charge in [0.05, 0.1) is 0 Å². The van der Waals surface area contributed by atoms with Crippen LogP contribution in [0.15, 0.2) is 0 Å². The number of hydrogen-bond donors (Lipinski definition) is 1. The van der Waals surface area contributed by atoms with E-state index in [1.165, 1.54) is 32.2 Å². The molecule has 3 heteroatoms. The Morgan fingerprint density at radius 1 is 1.06 bits per heavy atom. The Kier molecular flexibility index (Phi) is 2.88. The lowest BCUT2D eigenvalue weighted by Crippen LogP contribution is -2.43. The van der Waals surface area contributed by atoms with Crippen molar-refractivity contribution in [1.29, 1.82) is 0 Å². The third kappa shape index (κ3) is 2.10. The van der Waals surface area contributed by atoms with Crippen LogP contribution in [0, 0.1) is 11.8 Å². The molecule has 0 bridgehead atoms. The number of carbonyl (C=O) groups is 1. The maximum absolute atomic E-state index is 11.9. The van der Waals surface area contributed by atoms with E-state index >= 15 is 0 Å². The Morgan fingerprint density at radius 2 is 1.81 bits per heavy atom. The van der Waals surface area contributed by atoms with Crippen LogP contribution in [0.1, 0.15) is 38.5 Å². The largest absolute Gasteiger partial charge is 0.342 e. The van der Waals surface area contributed by atoms with Crippen LogP contribution in [0.4, 0.5) is 0 Å². The normalized spacial score (nSPS) is 32.0. The molecule has 1 atom stereocenters. The molecule has 90 valence electrons. The molecule has 1 aliphatic carbocycles. The molecule has 2 saturated heterocycles. The Labute approximate surface area is 97.6 Å². The first kappa shape index (κ1) is 10.6. The number of nitrogens with zero attached hydrogens (tertiary/aromatic N) is 1. The maximum Gasteiger partial charge on any atom is 0.225 e. The molecule has 0 aromatic rings. The minimum atomic E-state index is 0.404. The highest BCUT2D eigenvalue weighted by atomic mass is 16.2. The van der Waals surface area contributed by atoms with Gasteiger partial charge in [0, 0.05) is 25.0 Å². The van der Waals surface area contributed by atoms with Gasteiger partial charge in [-0.1, -0.05) is 0 Å². The van der Waals surface area contributed by atoms with E-state index in [0.29, 0.717) is 11.8 Å². The third-order valence-electron chi connectivity index (χ3n) is 4.45. The topological polar surface area (TPSA) is 32.3 Å². The molecular weight excluding hydrogens is 200 g/mol. The van der Waals surface area contributed by atoms with Gasteiger partial charge in [0.1, 0.15) is 0 Å². The van der Waals surface area contributed by atoms with Crippen molar-refractivity contribution in [3.8, 4) is 0 Å². The summed E-state index contributed by atoms with van der Waals surface area (Å²) in [6, 6.07) is 0.748. The monoisotopic (exact) mass is 222 g/mol. The molecule has 1 N–H and O–H groups in total. The number of piperidine rings is 1. The van der Waals surface area contributed by atoms with Gasteiger partial charge in [-0.05, 0) is 51.0 Å². The molecule has 0 radical (unpaired) electrons. The van der Waals surface area contributed by atoms with Crippen molar-refractivity contribution in [2.24, 2.45) is 11.8 Å². The SMILES string of the molecule is O=C(C1CC1)N1CCC(C2CCCN2)CC1. The Hall–Kier alpha value is -0.570. The molecule has 1 saturated carbocycles. The molecule has 0 spiro atoms. The van der Waals surface area contributed by atoms with Crippen LogP contribution in [0.25, 0.3) is 0 Å². The molecule has 0 aromatic carbocycles. The zero-order chi connectivity index (χ0) is 11.0. The van der Waals surface area contributed by atoms with Gasteiger partial charge in [-0.2, -0.15) is 0 Å². The van der Waals surface area contributed by atoms with E-state index in [0.717, 1.165) is 37.9 Å². The average molecular weight is 222 g/mol. The van der Waals surface area contributed by atoms with E-state index in [1.54, 1.807) is 0 Å². The van der Waals surface area contributed by atoms with Crippen molar-refractivity contribution in [3.63, 3.8) is 0 Å². The Morgan fingerprint density at radius 3 is 2.38 bits per heavy atom. The smallest absolute Gasteiger partial charge is 0.225 e. The molecule has 3 fully saturated rings. The predicted molar refractivity (Wildman–Crippen MR) is 63.1 cm³/mol. The highest BCUT2D eigenvalue weighted by Gasteiger charge is 2.36. The number of hydrogen-bond acceptors (Lipinski definition) is 2. The first-order valence-corrected chi connectivity index (χ1v) is 6.87. The van der Waals surface area contributed by atoms with Gasteiger partial charge < -0.3 is 10.2 Å². The van der Waals surface area contributed by atoms with E-state index in [-0.39, 0.29) is 0 Å². The zero-order valence-corrected chi connectivity index (χ0v) is 9.95. The molecule has 16 heavy (non-hydrogen) atoms. The van der Waals surface area contributed by atoms with Crippen LogP contribution >= 0.6 is 0 Å². The summed E-state index contributed by atoms with van der Waals surface area (Å²) in [5.74, 6) is 1.67. The summed E-state index contributed by atoms with van der Waals surface area (Å²) in [6.45, 7) is 3.22. The summed E-state index contributed by atoms with van der Waals surface area (Å²) in [5.41, 5.74) is 0. The summed E-state index contributed by atoms with van der Waals surface area (Å²) >= 11 is 0. The first-order chi connectivity index (χ1) is 7.84. The first-order valence-electron chi connectivity index (χ1n) is 6.87. The Balaban J connectivity index is 1.49. The number of carbonyl (C=O) groups excluding carboxylic acids is 1. The fourth-order valence-electron chi connectivity index (χ4n) is 3.22. The third-order valence-corrected chi connectivity index (χ3v) is 4.45. The molecule has 2 aliphatic heterocycles. The zero-order valence-electron chi connectivity index (χ0n) is 9.95. The standard InChI is InChI=1S/C13H22N2O/c16-13(11-3-4-11)15-8-5-10(6-9-15)12-2-1-7-14-12/h10-12,14H,1-9H2. The lowest BCUT2D eigenvalue weighted by Gasteiger charge is -2.35. The second-order valence-electron chi connectivity index (χ2n) is 5.64. The number of likely N-dealkylation sites (tertiary alicyclic amines) is 1. The molecule has 1 amide bonds. The number of amides is 1. The lowest BCUT2D eigenvalue weighted by molar-refractivity contribution is -0.134. The fraction of sp³-hybridized carbons (Fsp3) is 0.923. The minimum Gasteiger partial charge on any atom is -0.342 e. The quantitative estimate of drug-likeness (QED) is 0.765. The van der Waals surface area contributed by atoms with Crippen LogP contribution in [0.2, 0.25) is 0 Å². The van der Waals surface area contributed by atoms with E-state index in [1.807, 2.05) is 0 Å². The molecular formula is C13H22N2O. The molecule has 3 aliphatic rings. The van der Waals surface area contributed by atoms with Crippen LogP contribution in [0.3, 0.4) is 0 Å².